The number of nitrogens with zero attached hydrogens (tertiary/aromatic N) is 1. The molecule has 0 bridgehead atoms. The highest BCUT2D eigenvalue weighted by Crippen LogP contribution is 2.19. The van der Waals surface area contributed by atoms with Crippen LogP contribution in [-0.2, 0) is 11.3 Å². The van der Waals surface area contributed by atoms with Crippen LogP contribution in [0.25, 0.3) is 0 Å². The van der Waals surface area contributed by atoms with Crippen molar-refractivity contribution in [3.63, 3.8) is 0 Å². The molecule has 0 aliphatic carbocycles. The standard InChI is InChI=1S/C18H17NO3/c1-21-15-9-7-14(8-10-15)18(20)17-12-16(22-19-17)11-13-5-3-2-4-6-13/h2-10,16H,11-12H2,1H3. The SMILES string of the molecule is COc1ccc(C(=O)C2=NOC(Cc3ccccc3)C2)cc1. The zero-order valence-electron chi connectivity index (χ0n) is 12.4. The minimum atomic E-state index is -0.0850. The van der Waals surface area contributed by atoms with Crippen molar-refractivity contribution in [3.05, 3.63) is 65.7 Å². The first-order valence-electron chi connectivity index (χ1n) is 7.21. The molecule has 1 atom stereocenters. The van der Waals surface area contributed by atoms with Crippen molar-refractivity contribution in [1.29, 1.82) is 0 Å². The van der Waals surface area contributed by atoms with Gasteiger partial charge in [-0.2, -0.15) is 0 Å². The molecule has 22 heavy (non-hydrogen) atoms. The van der Waals surface area contributed by atoms with E-state index >= 15 is 0 Å². The summed E-state index contributed by atoms with van der Waals surface area (Å²) >= 11 is 0. The highest BCUT2D eigenvalue weighted by atomic mass is 16.6. The fraction of sp³-hybridized carbons (Fsp3) is 0.222. The highest BCUT2D eigenvalue weighted by molar-refractivity contribution is 6.46. The molecule has 1 aliphatic heterocycles. The summed E-state index contributed by atoms with van der Waals surface area (Å²) in [6, 6.07) is 17.1. The Kier molecular flexibility index (Phi) is 4.19. The van der Waals surface area contributed by atoms with Crippen molar-refractivity contribution in [2.45, 2.75) is 18.9 Å². The van der Waals surface area contributed by atoms with Gasteiger partial charge in [-0.3, -0.25) is 4.79 Å². The molecule has 2 aromatic rings. The second kappa shape index (κ2) is 6.43. The summed E-state index contributed by atoms with van der Waals surface area (Å²) in [5.74, 6) is 0.640. The molecular weight excluding hydrogens is 278 g/mol. The molecule has 0 aromatic heterocycles. The van der Waals surface area contributed by atoms with Gasteiger partial charge in [-0.25, -0.2) is 0 Å². The molecule has 0 saturated heterocycles. The lowest BCUT2D eigenvalue weighted by Crippen LogP contribution is -2.17. The molecule has 112 valence electrons. The van der Waals surface area contributed by atoms with Crippen molar-refractivity contribution in [3.8, 4) is 5.75 Å². The molecule has 4 heteroatoms. The van der Waals surface area contributed by atoms with Gasteiger partial charge in [-0.05, 0) is 29.8 Å². The molecule has 0 amide bonds. The summed E-state index contributed by atoms with van der Waals surface area (Å²) in [7, 11) is 1.60. The van der Waals surface area contributed by atoms with Crippen LogP contribution >= 0.6 is 0 Å². The van der Waals surface area contributed by atoms with Crippen molar-refractivity contribution in [2.75, 3.05) is 7.11 Å². The Labute approximate surface area is 129 Å². The van der Waals surface area contributed by atoms with Crippen molar-refractivity contribution < 1.29 is 14.4 Å². The van der Waals surface area contributed by atoms with Gasteiger partial charge in [0.05, 0.1) is 7.11 Å². The molecule has 3 rings (SSSR count). The third kappa shape index (κ3) is 3.17. The average molecular weight is 295 g/mol. The second-order valence-electron chi connectivity index (χ2n) is 5.22. The van der Waals surface area contributed by atoms with Crippen LogP contribution in [0.15, 0.2) is 59.8 Å². The summed E-state index contributed by atoms with van der Waals surface area (Å²) in [5, 5.41) is 3.97. The Morgan fingerprint density at radius 1 is 1.18 bits per heavy atom. The topological polar surface area (TPSA) is 47.9 Å². The predicted octanol–water partition coefficient (Wildman–Crippen LogP) is 3.27. The van der Waals surface area contributed by atoms with Crippen LogP contribution in [0.4, 0.5) is 0 Å². The maximum atomic E-state index is 12.4. The van der Waals surface area contributed by atoms with E-state index in [1.54, 1.807) is 31.4 Å². The largest absolute Gasteiger partial charge is 0.497 e. The number of carbonyl (C=O) groups excluding carboxylic acids is 1. The number of ketones is 1. The van der Waals surface area contributed by atoms with E-state index in [9.17, 15) is 4.79 Å². The van der Waals surface area contributed by atoms with Crippen LogP contribution in [0.2, 0.25) is 0 Å². The molecule has 0 saturated carbocycles. The molecule has 2 aromatic carbocycles. The Morgan fingerprint density at radius 3 is 2.59 bits per heavy atom. The Hall–Kier alpha value is -2.62. The number of benzene rings is 2. The van der Waals surface area contributed by atoms with Crippen LogP contribution < -0.4 is 4.74 Å². The third-order valence-corrected chi connectivity index (χ3v) is 3.65. The maximum Gasteiger partial charge on any atom is 0.210 e. The zero-order valence-corrected chi connectivity index (χ0v) is 12.4. The molecular formula is C18H17NO3. The fourth-order valence-electron chi connectivity index (χ4n) is 2.46. The number of ether oxygens (including phenoxy) is 1. The van der Waals surface area contributed by atoms with Crippen LogP contribution in [0.1, 0.15) is 22.3 Å². The molecule has 0 spiro atoms. The van der Waals surface area contributed by atoms with E-state index in [0.717, 1.165) is 12.2 Å². The lowest BCUT2D eigenvalue weighted by Gasteiger charge is -2.07. The summed E-state index contributed by atoms with van der Waals surface area (Å²) in [6.45, 7) is 0. The second-order valence-corrected chi connectivity index (χ2v) is 5.22. The van der Waals surface area contributed by atoms with Crippen LogP contribution in [0.5, 0.6) is 5.75 Å². The smallest absolute Gasteiger partial charge is 0.210 e. The van der Waals surface area contributed by atoms with Crippen molar-refractivity contribution >= 4 is 11.5 Å². The van der Waals surface area contributed by atoms with Crippen LogP contribution in [0, 0.1) is 0 Å². The normalized spacial score (nSPS) is 16.8. The minimum Gasteiger partial charge on any atom is -0.497 e. The van der Waals surface area contributed by atoms with Gasteiger partial charge >= 0.3 is 0 Å². The highest BCUT2D eigenvalue weighted by Gasteiger charge is 2.26. The summed E-state index contributed by atoms with van der Waals surface area (Å²) in [6.07, 6.45) is 1.23. The van der Waals surface area contributed by atoms with Gasteiger partial charge in [0, 0.05) is 18.4 Å². The Bertz CT molecular complexity index is 677. The quantitative estimate of drug-likeness (QED) is 0.795. The third-order valence-electron chi connectivity index (χ3n) is 3.65. The zero-order chi connectivity index (χ0) is 15.4. The Morgan fingerprint density at radius 2 is 1.91 bits per heavy atom. The van der Waals surface area contributed by atoms with E-state index in [-0.39, 0.29) is 11.9 Å². The van der Waals surface area contributed by atoms with E-state index in [0.29, 0.717) is 17.7 Å². The van der Waals surface area contributed by atoms with Crippen molar-refractivity contribution in [1.82, 2.24) is 0 Å². The number of hydrogen-bond acceptors (Lipinski definition) is 4. The molecule has 0 fully saturated rings. The summed E-state index contributed by atoms with van der Waals surface area (Å²) < 4.78 is 5.09. The lowest BCUT2D eigenvalue weighted by molar-refractivity contribution is 0.0858. The molecule has 4 nitrogen and oxygen atoms in total. The number of Topliss-reactive ketones (excluding diaryl/α,β-unsaturated/α-hetero) is 1. The summed E-state index contributed by atoms with van der Waals surface area (Å²) in [5.41, 5.74) is 2.26. The molecule has 1 unspecified atom stereocenters. The van der Waals surface area contributed by atoms with Gasteiger partial charge < -0.3 is 9.57 Å². The number of rotatable bonds is 5. The van der Waals surface area contributed by atoms with E-state index in [1.807, 2.05) is 30.3 Å². The first-order chi connectivity index (χ1) is 10.8. The van der Waals surface area contributed by atoms with E-state index in [2.05, 4.69) is 5.16 Å². The average Bonchev–Trinajstić information content (AvgIpc) is 3.04. The summed E-state index contributed by atoms with van der Waals surface area (Å²) in [4.78, 5) is 17.8. The molecule has 0 radical (unpaired) electrons. The van der Waals surface area contributed by atoms with Gasteiger partial charge in [0.1, 0.15) is 17.6 Å². The monoisotopic (exact) mass is 295 g/mol. The number of oxime groups is 1. The van der Waals surface area contributed by atoms with Gasteiger partial charge in [-0.1, -0.05) is 35.5 Å². The van der Waals surface area contributed by atoms with Gasteiger partial charge in [0.15, 0.2) is 0 Å². The van der Waals surface area contributed by atoms with Crippen LogP contribution in [0.3, 0.4) is 0 Å². The number of carbonyl (C=O) groups is 1. The van der Waals surface area contributed by atoms with Gasteiger partial charge in [0.2, 0.25) is 5.78 Å². The lowest BCUT2D eigenvalue weighted by atomic mass is 9.99. The number of hydrogen-bond donors (Lipinski definition) is 0. The maximum absolute atomic E-state index is 12.4. The molecule has 1 aliphatic rings. The molecule has 1 heterocycles. The molecule has 0 N–H and O–H groups in total. The first kappa shape index (κ1) is 14.3. The van der Waals surface area contributed by atoms with Gasteiger partial charge in [-0.15, -0.1) is 0 Å². The van der Waals surface area contributed by atoms with Gasteiger partial charge in [0.25, 0.3) is 0 Å². The van der Waals surface area contributed by atoms with Crippen molar-refractivity contribution in [2.24, 2.45) is 5.16 Å². The predicted molar refractivity (Wildman–Crippen MR) is 84.4 cm³/mol. The fourth-order valence-corrected chi connectivity index (χ4v) is 2.46. The Balaban J connectivity index is 1.62. The van der Waals surface area contributed by atoms with E-state index in [1.165, 1.54) is 5.56 Å². The van der Waals surface area contributed by atoms with E-state index in [4.69, 9.17) is 9.57 Å². The minimum absolute atomic E-state index is 0.0698. The first-order valence-corrected chi connectivity index (χ1v) is 7.21. The number of methoxy groups -OCH3 is 1. The van der Waals surface area contributed by atoms with E-state index < -0.39 is 0 Å². The van der Waals surface area contributed by atoms with Crippen LogP contribution in [-0.4, -0.2) is 24.7 Å².